The van der Waals surface area contributed by atoms with Gasteiger partial charge in [0, 0.05) is 26.7 Å². The molecule has 0 fully saturated rings. The number of imidazole rings is 1. The fourth-order valence-corrected chi connectivity index (χ4v) is 3.87. The Hall–Kier alpha value is -2.92. The average Bonchev–Trinajstić information content (AvgIpc) is 3.19. The third kappa shape index (κ3) is 2.06. The number of nitrogens with one attached hydrogen (secondary N) is 1. The van der Waals surface area contributed by atoms with Crippen molar-refractivity contribution in [2.75, 3.05) is 0 Å². The van der Waals surface area contributed by atoms with Crippen LogP contribution >= 0.6 is 15.9 Å². The van der Waals surface area contributed by atoms with Crippen molar-refractivity contribution in [2.24, 2.45) is 5.16 Å². The molecule has 2 N–H and O–H groups in total. The predicted molar refractivity (Wildman–Crippen MR) is 102 cm³/mol. The molecule has 0 saturated heterocycles. The van der Waals surface area contributed by atoms with Crippen LogP contribution < -0.4 is 0 Å². The zero-order chi connectivity index (χ0) is 17.0. The van der Waals surface area contributed by atoms with E-state index in [2.05, 4.69) is 32.1 Å². The lowest BCUT2D eigenvalue weighted by molar-refractivity contribution is 0.320. The highest BCUT2D eigenvalue weighted by Gasteiger charge is 2.28. The van der Waals surface area contributed by atoms with Gasteiger partial charge in [-0.2, -0.15) is 0 Å². The first-order valence-corrected chi connectivity index (χ1v) is 8.66. The summed E-state index contributed by atoms with van der Waals surface area (Å²) in [7, 11) is 0. The molecule has 0 unspecified atom stereocenters. The molecule has 0 amide bonds. The standard InChI is InChI=1S/C20H12BrN3O/c21-11-8-9-16-17(10-11)23-20(22-16)15-7-3-6-14-18(15)12-4-1-2-5-13(12)19(14)24-25/h1-10,25H,(H,22,23)/b24-19+. The molecule has 3 aromatic carbocycles. The van der Waals surface area contributed by atoms with Crippen molar-refractivity contribution < 1.29 is 5.21 Å². The zero-order valence-corrected chi connectivity index (χ0v) is 14.6. The van der Waals surface area contributed by atoms with E-state index >= 15 is 0 Å². The molecule has 1 heterocycles. The molecule has 0 spiro atoms. The van der Waals surface area contributed by atoms with Gasteiger partial charge < -0.3 is 10.2 Å². The van der Waals surface area contributed by atoms with Gasteiger partial charge in [-0.1, -0.05) is 63.6 Å². The molecule has 0 aliphatic heterocycles. The van der Waals surface area contributed by atoms with Crippen LogP contribution in [0.4, 0.5) is 0 Å². The zero-order valence-electron chi connectivity index (χ0n) is 13.0. The number of aromatic amines is 1. The Kier molecular flexibility index (Phi) is 3.05. The Labute approximate surface area is 152 Å². The van der Waals surface area contributed by atoms with E-state index in [-0.39, 0.29) is 0 Å². The van der Waals surface area contributed by atoms with Crippen molar-refractivity contribution in [3.8, 4) is 22.5 Å². The summed E-state index contributed by atoms with van der Waals surface area (Å²) >= 11 is 3.49. The first kappa shape index (κ1) is 14.4. The van der Waals surface area contributed by atoms with Gasteiger partial charge in [-0.3, -0.25) is 0 Å². The Morgan fingerprint density at radius 2 is 1.64 bits per heavy atom. The number of hydrogen-bond donors (Lipinski definition) is 2. The molecule has 4 nitrogen and oxygen atoms in total. The Balaban J connectivity index is 1.82. The fraction of sp³-hybridized carbons (Fsp3) is 0. The van der Waals surface area contributed by atoms with E-state index in [9.17, 15) is 5.21 Å². The largest absolute Gasteiger partial charge is 0.410 e. The normalized spacial score (nSPS) is 14.0. The first-order valence-electron chi connectivity index (χ1n) is 7.87. The molecule has 1 aromatic heterocycles. The maximum absolute atomic E-state index is 9.53. The minimum Gasteiger partial charge on any atom is -0.410 e. The van der Waals surface area contributed by atoms with Gasteiger partial charge in [0.15, 0.2) is 0 Å². The fourth-order valence-electron chi connectivity index (χ4n) is 3.51. The third-order valence-corrected chi connectivity index (χ3v) is 5.06. The summed E-state index contributed by atoms with van der Waals surface area (Å²) < 4.78 is 1.01. The van der Waals surface area contributed by atoms with Gasteiger partial charge in [-0.05, 0) is 23.8 Å². The Bertz CT molecular complexity index is 1180. The van der Waals surface area contributed by atoms with Gasteiger partial charge >= 0.3 is 0 Å². The van der Waals surface area contributed by atoms with Crippen LogP contribution in [0.15, 0.2) is 70.3 Å². The second kappa shape index (κ2) is 5.29. The number of benzene rings is 3. The highest BCUT2D eigenvalue weighted by atomic mass is 79.9. The molecule has 1 aliphatic rings. The van der Waals surface area contributed by atoms with E-state index < -0.39 is 0 Å². The van der Waals surface area contributed by atoms with E-state index in [0.29, 0.717) is 5.71 Å². The van der Waals surface area contributed by atoms with Crippen molar-refractivity contribution in [1.29, 1.82) is 0 Å². The molecule has 4 aromatic rings. The molecule has 0 bridgehead atoms. The molecule has 0 atom stereocenters. The van der Waals surface area contributed by atoms with Crippen LogP contribution in [0.1, 0.15) is 11.1 Å². The van der Waals surface area contributed by atoms with E-state index in [1.807, 2.05) is 54.6 Å². The van der Waals surface area contributed by atoms with Crippen LogP contribution in [0.5, 0.6) is 0 Å². The minimum absolute atomic E-state index is 0.603. The molecule has 25 heavy (non-hydrogen) atoms. The smallest absolute Gasteiger partial charge is 0.139 e. The quantitative estimate of drug-likeness (QED) is 0.305. The lowest BCUT2D eigenvalue weighted by Crippen LogP contribution is -1.97. The molecule has 0 saturated carbocycles. The second-order valence-corrected chi connectivity index (χ2v) is 6.88. The van der Waals surface area contributed by atoms with Gasteiger partial charge in [0.05, 0.1) is 11.0 Å². The summed E-state index contributed by atoms with van der Waals surface area (Å²) in [6.45, 7) is 0. The lowest BCUT2D eigenvalue weighted by atomic mass is 9.99. The Morgan fingerprint density at radius 3 is 2.48 bits per heavy atom. The number of aromatic nitrogens is 2. The highest BCUT2D eigenvalue weighted by Crippen LogP contribution is 2.42. The molecule has 5 rings (SSSR count). The summed E-state index contributed by atoms with van der Waals surface area (Å²) in [5.41, 5.74) is 7.45. The average molecular weight is 390 g/mol. The lowest BCUT2D eigenvalue weighted by Gasteiger charge is -2.06. The molecule has 0 radical (unpaired) electrons. The van der Waals surface area contributed by atoms with Crippen molar-refractivity contribution in [2.45, 2.75) is 0 Å². The Morgan fingerprint density at radius 1 is 0.880 bits per heavy atom. The van der Waals surface area contributed by atoms with Crippen LogP contribution in [0.2, 0.25) is 0 Å². The number of H-pyrrole nitrogens is 1. The van der Waals surface area contributed by atoms with Gasteiger partial charge in [-0.25, -0.2) is 4.98 Å². The summed E-state index contributed by atoms with van der Waals surface area (Å²) in [5.74, 6) is 0.805. The third-order valence-electron chi connectivity index (χ3n) is 4.57. The van der Waals surface area contributed by atoms with Crippen LogP contribution in [-0.2, 0) is 0 Å². The topological polar surface area (TPSA) is 61.3 Å². The van der Waals surface area contributed by atoms with Gasteiger partial charge in [-0.15, -0.1) is 0 Å². The minimum atomic E-state index is 0.603. The summed E-state index contributed by atoms with van der Waals surface area (Å²) in [6.07, 6.45) is 0. The second-order valence-electron chi connectivity index (χ2n) is 5.97. The van der Waals surface area contributed by atoms with E-state index in [1.54, 1.807) is 0 Å². The van der Waals surface area contributed by atoms with E-state index in [1.165, 1.54) is 0 Å². The number of fused-ring (bicyclic) bond motifs is 4. The van der Waals surface area contributed by atoms with Crippen LogP contribution in [0.3, 0.4) is 0 Å². The molecular weight excluding hydrogens is 378 g/mol. The van der Waals surface area contributed by atoms with Crippen molar-refractivity contribution in [1.82, 2.24) is 9.97 Å². The van der Waals surface area contributed by atoms with Gasteiger partial charge in [0.2, 0.25) is 0 Å². The molecular formula is C20H12BrN3O. The van der Waals surface area contributed by atoms with E-state index in [0.717, 1.165) is 49.1 Å². The number of hydrogen-bond acceptors (Lipinski definition) is 3. The number of halogens is 1. The van der Waals surface area contributed by atoms with Gasteiger partial charge in [0.1, 0.15) is 11.5 Å². The van der Waals surface area contributed by atoms with Crippen molar-refractivity contribution in [3.05, 3.63) is 76.3 Å². The highest BCUT2D eigenvalue weighted by molar-refractivity contribution is 9.10. The first-order chi connectivity index (χ1) is 12.3. The number of rotatable bonds is 1. The van der Waals surface area contributed by atoms with Crippen LogP contribution in [0.25, 0.3) is 33.5 Å². The van der Waals surface area contributed by atoms with Gasteiger partial charge in [0.25, 0.3) is 0 Å². The molecule has 120 valence electrons. The molecule has 1 aliphatic carbocycles. The predicted octanol–water partition coefficient (Wildman–Crippen LogP) is 5.20. The van der Waals surface area contributed by atoms with E-state index in [4.69, 9.17) is 4.98 Å². The van der Waals surface area contributed by atoms with Crippen LogP contribution in [-0.4, -0.2) is 20.9 Å². The maximum atomic E-state index is 9.53. The molecule has 5 heteroatoms. The summed E-state index contributed by atoms with van der Waals surface area (Å²) in [6, 6.07) is 19.9. The SMILES string of the molecule is O/N=C1\c2ccccc2-c2c1cccc2-c1nc2ccc(Br)cc2[nH]1. The summed E-state index contributed by atoms with van der Waals surface area (Å²) in [4.78, 5) is 8.15. The van der Waals surface area contributed by atoms with Crippen LogP contribution in [0, 0.1) is 0 Å². The van der Waals surface area contributed by atoms with Crippen molar-refractivity contribution in [3.63, 3.8) is 0 Å². The summed E-state index contributed by atoms with van der Waals surface area (Å²) in [5, 5.41) is 13.1. The van der Waals surface area contributed by atoms with Crippen molar-refractivity contribution >= 4 is 32.7 Å². The number of nitrogens with zero attached hydrogens (tertiary/aromatic N) is 2. The monoisotopic (exact) mass is 389 g/mol. The maximum Gasteiger partial charge on any atom is 0.139 e. The number of oxime groups is 1.